The van der Waals surface area contributed by atoms with Gasteiger partial charge in [0.2, 0.25) is 5.89 Å². The van der Waals surface area contributed by atoms with Crippen molar-refractivity contribution in [1.29, 1.82) is 0 Å². The van der Waals surface area contributed by atoms with Crippen LogP contribution in [0.15, 0.2) is 40.8 Å². The van der Waals surface area contributed by atoms with Gasteiger partial charge in [0.15, 0.2) is 29.1 Å². The van der Waals surface area contributed by atoms with Crippen LogP contribution in [-0.4, -0.2) is 30.2 Å². The molecule has 0 spiro atoms. The highest BCUT2D eigenvalue weighted by atomic mass is 35.5. The highest BCUT2D eigenvalue weighted by Gasteiger charge is 2.33. The van der Waals surface area contributed by atoms with Crippen LogP contribution >= 0.6 is 11.6 Å². The Bertz CT molecular complexity index is 1440. The van der Waals surface area contributed by atoms with E-state index in [-0.39, 0.29) is 58.0 Å². The third-order valence-corrected chi connectivity index (χ3v) is 6.48. The van der Waals surface area contributed by atoms with E-state index in [0.29, 0.717) is 12.5 Å². The Morgan fingerprint density at radius 3 is 2.52 bits per heavy atom. The number of ether oxygens (including phenoxy) is 3. The third-order valence-electron chi connectivity index (χ3n) is 6.25. The quantitative estimate of drug-likeness (QED) is 0.226. The molecule has 1 aliphatic rings. The fourth-order valence-electron chi connectivity index (χ4n) is 4.08. The van der Waals surface area contributed by atoms with Gasteiger partial charge in [-0.3, -0.25) is 4.79 Å². The molecule has 0 bridgehead atoms. The molecule has 13 heteroatoms. The van der Waals surface area contributed by atoms with Crippen LogP contribution in [0.25, 0.3) is 11.5 Å². The van der Waals surface area contributed by atoms with E-state index in [1.807, 2.05) is 20.8 Å². The topological polar surface area (TPSA) is 126 Å². The Morgan fingerprint density at radius 1 is 1.17 bits per heavy atom. The third kappa shape index (κ3) is 8.54. The number of carbonyl (C=O) groups excluding carboxylic acids is 2. The van der Waals surface area contributed by atoms with Crippen molar-refractivity contribution in [1.82, 2.24) is 10.3 Å². The minimum absolute atomic E-state index is 0.0447. The fourth-order valence-corrected chi connectivity index (χ4v) is 4.24. The first-order valence-electron chi connectivity index (χ1n) is 13.2. The number of alkyl halides is 2. The van der Waals surface area contributed by atoms with Gasteiger partial charge in [0, 0.05) is 22.7 Å². The number of aromatic nitrogens is 1. The molecule has 9 nitrogen and oxygen atoms in total. The standard InChI is InChI=1S/C29H31ClF3N3O6/c1-29(2,3)12-22(41-28(34)38)24-23(25(37)35-13-17-6-8-18(30)11-19(17)31)36-26(42-24)16-7-9-20(40-27(32)33)21(10-16)39-14-15-4-5-15/h6-11,15,22,27H,4-5,12-14H2,1-3H3,(H2,34,38)(H,35,37)/t22-/m0/s1. The number of amides is 2. The Kier molecular flexibility index (Phi) is 9.55. The SMILES string of the molecule is CC(C)(C)C[C@H](OC(N)=O)c1oc(-c2ccc(OC(F)F)c(OCC3CC3)c2)nc1C(=O)NCc1ccc(Cl)cc1F. The predicted octanol–water partition coefficient (Wildman–Crippen LogP) is 7.03. The maximum Gasteiger partial charge on any atom is 0.405 e. The molecule has 1 aliphatic carbocycles. The minimum Gasteiger partial charge on any atom is -0.489 e. The lowest BCUT2D eigenvalue weighted by Crippen LogP contribution is -2.27. The molecule has 226 valence electrons. The van der Waals surface area contributed by atoms with Gasteiger partial charge in [0.05, 0.1) is 6.61 Å². The molecular formula is C29H31ClF3N3O6. The molecule has 0 saturated heterocycles. The minimum atomic E-state index is -3.07. The van der Waals surface area contributed by atoms with Crippen molar-refractivity contribution >= 4 is 23.6 Å². The Morgan fingerprint density at radius 2 is 1.90 bits per heavy atom. The number of benzene rings is 2. The van der Waals surface area contributed by atoms with Crippen molar-refractivity contribution in [3.63, 3.8) is 0 Å². The molecule has 4 rings (SSSR count). The van der Waals surface area contributed by atoms with Crippen LogP contribution in [0.2, 0.25) is 5.02 Å². The fraction of sp³-hybridized carbons (Fsp3) is 0.414. The summed E-state index contributed by atoms with van der Waals surface area (Å²) in [5, 5.41) is 2.79. The molecule has 2 amide bonds. The maximum absolute atomic E-state index is 14.3. The van der Waals surface area contributed by atoms with Crippen LogP contribution < -0.4 is 20.5 Å². The summed E-state index contributed by atoms with van der Waals surface area (Å²) in [6, 6.07) is 8.13. The molecule has 1 heterocycles. The number of hydrogen-bond donors (Lipinski definition) is 2. The zero-order valence-corrected chi connectivity index (χ0v) is 24.0. The van der Waals surface area contributed by atoms with Gasteiger partial charge in [-0.15, -0.1) is 0 Å². The van der Waals surface area contributed by atoms with Crippen LogP contribution in [0, 0.1) is 17.2 Å². The summed E-state index contributed by atoms with van der Waals surface area (Å²) in [7, 11) is 0. The number of halogens is 4. The molecule has 3 aromatic rings. The smallest absolute Gasteiger partial charge is 0.405 e. The molecule has 0 radical (unpaired) electrons. The first-order valence-corrected chi connectivity index (χ1v) is 13.6. The highest BCUT2D eigenvalue weighted by Crippen LogP contribution is 2.39. The van der Waals surface area contributed by atoms with Crippen molar-refractivity contribution < 1.29 is 41.4 Å². The van der Waals surface area contributed by atoms with E-state index >= 15 is 0 Å². The molecule has 3 N–H and O–H groups in total. The van der Waals surface area contributed by atoms with E-state index < -0.39 is 35.9 Å². The second kappa shape index (κ2) is 12.9. The van der Waals surface area contributed by atoms with Crippen LogP contribution in [-0.2, 0) is 11.3 Å². The second-order valence-corrected chi connectivity index (χ2v) is 11.6. The lowest BCUT2D eigenvalue weighted by atomic mass is 9.88. The van der Waals surface area contributed by atoms with E-state index in [4.69, 9.17) is 31.2 Å². The van der Waals surface area contributed by atoms with Gasteiger partial charge < -0.3 is 29.7 Å². The molecule has 42 heavy (non-hydrogen) atoms. The van der Waals surface area contributed by atoms with Crippen molar-refractivity contribution in [2.24, 2.45) is 17.1 Å². The van der Waals surface area contributed by atoms with Gasteiger partial charge in [-0.25, -0.2) is 14.2 Å². The number of nitrogens with zero attached hydrogens (tertiary/aromatic N) is 1. The molecule has 1 fully saturated rings. The van der Waals surface area contributed by atoms with Crippen molar-refractivity contribution in [3.05, 3.63) is 64.3 Å². The molecule has 2 aromatic carbocycles. The van der Waals surface area contributed by atoms with Gasteiger partial charge in [0.25, 0.3) is 5.91 Å². The van der Waals surface area contributed by atoms with Crippen LogP contribution in [0.5, 0.6) is 11.5 Å². The number of primary amides is 1. The lowest BCUT2D eigenvalue weighted by Gasteiger charge is -2.24. The second-order valence-electron chi connectivity index (χ2n) is 11.1. The van der Waals surface area contributed by atoms with Gasteiger partial charge in [-0.05, 0) is 60.9 Å². The van der Waals surface area contributed by atoms with Gasteiger partial charge >= 0.3 is 12.7 Å². The first-order chi connectivity index (χ1) is 19.8. The Balaban J connectivity index is 1.72. The summed E-state index contributed by atoms with van der Waals surface area (Å²) < 4.78 is 62.0. The zero-order chi connectivity index (χ0) is 30.6. The van der Waals surface area contributed by atoms with Gasteiger partial charge in [-0.2, -0.15) is 8.78 Å². The average Bonchev–Trinajstić information content (AvgIpc) is 3.61. The molecular weight excluding hydrogens is 579 g/mol. The molecule has 0 aliphatic heterocycles. The van der Waals surface area contributed by atoms with Crippen LogP contribution in [0.4, 0.5) is 18.0 Å². The number of nitrogens with two attached hydrogens (primary N) is 1. The summed E-state index contributed by atoms with van der Waals surface area (Å²) in [5.41, 5.74) is 5.13. The number of nitrogens with one attached hydrogen (secondary N) is 1. The molecule has 0 unspecified atom stereocenters. The number of carbonyl (C=O) groups is 2. The predicted molar refractivity (Wildman–Crippen MR) is 147 cm³/mol. The number of hydrogen-bond acceptors (Lipinski definition) is 7. The van der Waals surface area contributed by atoms with E-state index in [0.717, 1.165) is 18.9 Å². The molecule has 1 saturated carbocycles. The van der Waals surface area contributed by atoms with E-state index in [2.05, 4.69) is 15.0 Å². The van der Waals surface area contributed by atoms with E-state index in [1.165, 1.54) is 30.3 Å². The van der Waals surface area contributed by atoms with Gasteiger partial charge in [-0.1, -0.05) is 38.4 Å². The van der Waals surface area contributed by atoms with Gasteiger partial charge in [0.1, 0.15) is 5.82 Å². The first kappa shape index (κ1) is 31.0. The van der Waals surface area contributed by atoms with E-state index in [9.17, 15) is 22.8 Å². The zero-order valence-electron chi connectivity index (χ0n) is 23.2. The molecule has 1 atom stereocenters. The lowest BCUT2D eigenvalue weighted by molar-refractivity contribution is -0.0515. The average molecular weight is 610 g/mol. The summed E-state index contributed by atoms with van der Waals surface area (Å²) in [6.07, 6.45) is -0.0550. The van der Waals surface area contributed by atoms with Crippen molar-refractivity contribution in [2.75, 3.05) is 6.61 Å². The van der Waals surface area contributed by atoms with Crippen molar-refractivity contribution in [2.45, 2.75) is 59.3 Å². The monoisotopic (exact) mass is 609 g/mol. The van der Waals surface area contributed by atoms with Crippen LogP contribution in [0.3, 0.4) is 0 Å². The highest BCUT2D eigenvalue weighted by molar-refractivity contribution is 6.30. The van der Waals surface area contributed by atoms with Crippen LogP contribution in [0.1, 0.15) is 67.9 Å². The van der Waals surface area contributed by atoms with Crippen molar-refractivity contribution in [3.8, 4) is 23.0 Å². The summed E-state index contributed by atoms with van der Waals surface area (Å²) in [5.74, 6) is -1.34. The largest absolute Gasteiger partial charge is 0.489 e. The number of rotatable bonds is 12. The van der Waals surface area contributed by atoms with E-state index in [1.54, 1.807) is 0 Å². The normalized spacial score (nSPS) is 14.0. The Labute approximate surface area is 245 Å². The number of oxazole rings is 1. The Hall–Kier alpha value is -3.93. The maximum atomic E-state index is 14.3. The summed E-state index contributed by atoms with van der Waals surface area (Å²) >= 11 is 5.81. The summed E-state index contributed by atoms with van der Waals surface area (Å²) in [6.45, 7) is 2.69. The molecule has 1 aromatic heterocycles. The summed E-state index contributed by atoms with van der Waals surface area (Å²) in [4.78, 5) is 29.5.